The molecule has 22 heavy (non-hydrogen) atoms. The molecular formula is C18H12Cl2O2. The molecule has 0 spiro atoms. The minimum absolute atomic E-state index is 0.152. The van der Waals surface area contributed by atoms with Crippen LogP contribution in [-0.2, 0) is 11.3 Å². The number of carbonyl (C=O) groups excluding carboxylic acids is 1. The van der Waals surface area contributed by atoms with Gasteiger partial charge in [-0.2, -0.15) is 0 Å². The predicted octanol–water partition coefficient (Wildman–Crippen LogP) is 5.50. The molecule has 0 unspecified atom stereocenters. The largest absolute Gasteiger partial charge is 0.457 e. The third-order valence-electron chi connectivity index (χ3n) is 3.36. The fourth-order valence-corrected chi connectivity index (χ4v) is 2.58. The fraction of sp³-hybridized carbons (Fsp3) is 0.0556. The lowest BCUT2D eigenvalue weighted by Crippen LogP contribution is -2.06. The summed E-state index contributed by atoms with van der Waals surface area (Å²) in [5.41, 5.74) is 1.35. The van der Waals surface area contributed by atoms with Gasteiger partial charge in [-0.15, -0.1) is 0 Å². The second-order valence-corrected chi connectivity index (χ2v) is 5.67. The Kier molecular flexibility index (Phi) is 4.32. The summed E-state index contributed by atoms with van der Waals surface area (Å²) >= 11 is 11.8. The molecule has 0 fully saturated rings. The third kappa shape index (κ3) is 3.08. The van der Waals surface area contributed by atoms with E-state index in [0.29, 0.717) is 15.6 Å². The topological polar surface area (TPSA) is 26.3 Å². The fourth-order valence-electron chi connectivity index (χ4n) is 2.26. The van der Waals surface area contributed by atoms with E-state index in [4.69, 9.17) is 27.9 Å². The van der Waals surface area contributed by atoms with Gasteiger partial charge in [0.1, 0.15) is 6.61 Å². The molecule has 0 aliphatic rings. The van der Waals surface area contributed by atoms with Crippen LogP contribution in [0.25, 0.3) is 10.8 Å². The van der Waals surface area contributed by atoms with Gasteiger partial charge in [-0.25, -0.2) is 4.79 Å². The van der Waals surface area contributed by atoms with E-state index in [-0.39, 0.29) is 12.6 Å². The van der Waals surface area contributed by atoms with Crippen molar-refractivity contribution in [3.8, 4) is 0 Å². The number of esters is 1. The van der Waals surface area contributed by atoms with E-state index in [9.17, 15) is 4.79 Å². The maximum absolute atomic E-state index is 12.3. The van der Waals surface area contributed by atoms with E-state index >= 15 is 0 Å². The smallest absolute Gasteiger partial charge is 0.339 e. The molecule has 0 aliphatic carbocycles. The summed E-state index contributed by atoms with van der Waals surface area (Å²) in [5.74, 6) is -0.358. The Balaban J connectivity index is 1.80. The van der Waals surface area contributed by atoms with Crippen molar-refractivity contribution in [2.75, 3.05) is 0 Å². The molecule has 0 heterocycles. The zero-order valence-corrected chi connectivity index (χ0v) is 13.1. The van der Waals surface area contributed by atoms with E-state index in [1.54, 1.807) is 24.3 Å². The molecule has 0 saturated carbocycles. The van der Waals surface area contributed by atoms with Gasteiger partial charge in [0.25, 0.3) is 0 Å². The van der Waals surface area contributed by atoms with Gasteiger partial charge >= 0.3 is 5.97 Å². The Labute approximate surface area is 138 Å². The first-order valence-electron chi connectivity index (χ1n) is 6.74. The lowest BCUT2D eigenvalue weighted by atomic mass is 10.0. The number of carbonyl (C=O) groups is 1. The van der Waals surface area contributed by atoms with Crippen LogP contribution < -0.4 is 0 Å². The highest BCUT2D eigenvalue weighted by atomic mass is 35.5. The summed E-state index contributed by atoms with van der Waals surface area (Å²) in [6, 6.07) is 18.4. The molecular weight excluding hydrogens is 319 g/mol. The number of rotatable bonds is 3. The van der Waals surface area contributed by atoms with Gasteiger partial charge in [0.2, 0.25) is 0 Å². The molecule has 0 amide bonds. The van der Waals surface area contributed by atoms with Crippen LogP contribution in [0.2, 0.25) is 10.0 Å². The van der Waals surface area contributed by atoms with E-state index in [1.807, 2.05) is 36.4 Å². The van der Waals surface area contributed by atoms with Gasteiger partial charge in [0.15, 0.2) is 0 Å². The minimum Gasteiger partial charge on any atom is -0.457 e. The Morgan fingerprint density at radius 1 is 0.909 bits per heavy atom. The summed E-state index contributed by atoms with van der Waals surface area (Å²) in [6.45, 7) is 0.152. The molecule has 0 N–H and O–H groups in total. The van der Waals surface area contributed by atoms with Crippen LogP contribution in [0.4, 0.5) is 0 Å². The van der Waals surface area contributed by atoms with Crippen LogP contribution in [0.15, 0.2) is 60.7 Å². The lowest BCUT2D eigenvalue weighted by Gasteiger charge is -2.08. The lowest BCUT2D eigenvalue weighted by molar-refractivity contribution is 0.0475. The molecule has 2 nitrogen and oxygen atoms in total. The van der Waals surface area contributed by atoms with Gasteiger partial charge in [-0.3, -0.25) is 0 Å². The summed E-state index contributed by atoms with van der Waals surface area (Å²) in [6.07, 6.45) is 0. The summed E-state index contributed by atoms with van der Waals surface area (Å²) in [5, 5.41) is 2.81. The number of halogens is 2. The zero-order chi connectivity index (χ0) is 15.5. The molecule has 0 aliphatic heterocycles. The van der Waals surface area contributed by atoms with Crippen molar-refractivity contribution in [1.82, 2.24) is 0 Å². The number of benzene rings is 3. The molecule has 0 bridgehead atoms. The maximum atomic E-state index is 12.3. The summed E-state index contributed by atoms with van der Waals surface area (Å²) in [4.78, 5) is 12.3. The summed E-state index contributed by atoms with van der Waals surface area (Å²) < 4.78 is 5.38. The molecule has 0 atom stereocenters. The monoisotopic (exact) mass is 330 g/mol. The van der Waals surface area contributed by atoms with E-state index in [0.717, 1.165) is 16.3 Å². The van der Waals surface area contributed by atoms with E-state index < -0.39 is 0 Å². The van der Waals surface area contributed by atoms with Crippen molar-refractivity contribution in [2.24, 2.45) is 0 Å². The van der Waals surface area contributed by atoms with Crippen LogP contribution >= 0.6 is 23.2 Å². The molecule has 4 heteroatoms. The second kappa shape index (κ2) is 6.39. The normalized spacial score (nSPS) is 10.6. The highest BCUT2D eigenvalue weighted by Crippen LogP contribution is 2.24. The average Bonchev–Trinajstić information content (AvgIpc) is 2.55. The first-order valence-corrected chi connectivity index (χ1v) is 7.49. The molecule has 3 aromatic rings. The average molecular weight is 331 g/mol. The highest BCUT2D eigenvalue weighted by Gasteiger charge is 2.11. The van der Waals surface area contributed by atoms with Crippen LogP contribution in [0, 0.1) is 0 Å². The van der Waals surface area contributed by atoms with Gasteiger partial charge in [-0.1, -0.05) is 65.7 Å². The van der Waals surface area contributed by atoms with Crippen LogP contribution in [0.5, 0.6) is 0 Å². The predicted molar refractivity (Wildman–Crippen MR) is 89.5 cm³/mol. The van der Waals surface area contributed by atoms with E-state index in [2.05, 4.69) is 0 Å². The van der Waals surface area contributed by atoms with Gasteiger partial charge in [0, 0.05) is 0 Å². The number of hydrogen-bond donors (Lipinski definition) is 0. The highest BCUT2D eigenvalue weighted by molar-refractivity contribution is 6.42. The van der Waals surface area contributed by atoms with E-state index in [1.165, 1.54) is 0 Å². The minimum atomic E-state index is -0.358. The zero-order valence-electron chi connectivity index (χ0n) is 11.6. The van der Waals surface area contributed by atoms with Crippen molar-refractivity contribution in [3.63, 3.8) is 0 Å². The van der Waals surface area contributed by atoms with Crippen molar-refractivity contribution in [2.45, 2.75) is 6.61 Å². The first kappa shape index (κ1) is 14.9. The third-order valence-corrected chi connectivity index (χ3v) is 4.10. The molecule has 0 radical (unpaired) electrons. The van der Waals surface area contributed by atoms with Crippen molar-refractivity contribution >= 4 is 39.9 Å². The Morgan fingerprint density at radius 3 is 2.50 bits per heavy atom. The van der Waals surface area contributed by atoms with Gasteiger partial charge in [-0.05, 0) is 34.5 Å². The Bertz CT molecular complexity index is 838. The number of fused-ring (bicyclic) bond motifs is 1. The van der Waals surface area contributed by atoms with Gasteiger partial charge in [0.05, 0.1) is 15.6 Å². The number of hydrogen-bond acceptors (Lipinski definition) is 2. The second-order valence-electron chi connectivity index (χ2n) is 4.85. The maximum Gasteiger partial charge on any atom is 0.339 e. The Morgan fingerprint density at radius 2 is 1.68 bits per heavy atom. The molecule has 110 valence electrons. The SMILES string of the molecule is O=C(OCc1ccc(Cl)c(Cl)c1)c1cccc2ccccc12. The standard InChI is InChI=1S/C18H12Cl2O2/c19-16-9-8-12(10-17(16)20)11-22-18(21)15-7-3-5-13-4-1-2-6-14(13)15/h1-10H,11H2. The molecule has 0 aromatic heterocycles. The molecule has 3 rings (SSSR count). The van der Waals surface area contributed by atoms with Crippen LogP contribution in [0.3, 0.4) is 0 Å². The first-order chi connectivity index (χ1) is 10.6. The quantitative estimate of drug-likeness (QED) is 0.592. The van der Waals surface area contributed by atoms with Crippen molar-refractivity contribution < 1.29 is 9.53 Å². The van der Waals surface area contributed by atoms with Crippen LogP contribution in [0.1, 0.15) is 15.9 Å². The molecule has 3 aromatic carbocycles. The van der Waals surface area contributed by atoms with Gasteiger partial charge < -0.3 is 4.74 Å². The summed E-state index contributed by atoms with van der Waals surface area (Å²) in [7, 11) is 0. The molecule has 0 saturated heterocycles. The van der Waals surface area contributed by atoms with Crippen molar-refractivity contribution in [1.29, 1.82) is 0 Å². The Hall–Kier alpha value is -2.03. The van der Waals surface area contributed by atoms with Crippen LogP contribution in [-0.4, -0.2) is 5.97 Å². The number of ether oxygens (including phenoxy) is 1. The van der Waals surface area contributed by atoms with Crippen molar-refractivity contribution in [3.05, 3.63) is 81.8 Å².